The molecular weight excluding hydrogens is 226 g/mol. The maximum Gasteiger partial charge on any atom is 0.0297 e. The SMILES string of the molecule is Cc1ccc(C)c(C(C)NC2CCSCC2)c1. The van der Waals surface area contributed by atoms with Crippen LogP contribution in [-0.4, -0.2) is 17.5 Å². The van der Waals surface area contributed by atoms with Crippen molar-refractivity contribution in [2.45, 2.75) is 45.7 Å². The van der Waals surface area contributed by atoms with Crippen LogP contribution < -0.4 is 5.32 Å². The lowest BCUT2D eigenvalue weighted by atomic mass is 9.98. The van der Waals surface area contributed by atoms with Gasteiger partial charge in [-0.3, -0.25) is 0 Å². The van der Waals surface area contributed by atoms with Gasteiger partial charge in [0.25, 0.3) is 0 Å². The molecule has 2 rings (SSSR count). The van der Waals surface area contributed by atoms with E-state index >= 15 is 0 Å². The van der Waals surface area contributed by atoms with Crippen molar-refractivity contribution in [3.63, 3.8) is 0 Å². The lowest BCUT2D eigenvalue weighted by Gasteiger charge is -2.27. The summed E-state index contributed by atoms with van der Waals surface area (Å²) in [6, 6.07) is 7.95. The number of rotatable bonds is 3. The van der Waals surface area contributed by atoms with Crippen LogP contribution in [0.3, 0.4) is 0 Å². The van der Waals surface area contributed by atoms with Crippen LogP contribution in [0.25, 0.3) is 0 Å². The van der Waals surface area contributed by atoms with Gasteiger partial charge in [-0.05, 0) is 56.2 Å². The molecule has 1 fully saturated rings. The second-order valence-corrected chi connectivity index (χ2v) is 6.36. The third-order valence-corrected chi connectivity index (χ3v) is 4.66. The molecule has 0 amide bonds. The molecule has 0 saturated carbocycles. The average Bonchev–Trinajstić information content (AvgIpc) is 2.33. The van der Waals surface area contributed by atoms with E-state index < -0.39 is 0 Å². The van der Waals surface area contributed by atoms with E-state index in [-0.39, 0.29) is 0 Å². The van der Waals surface area contributed by atoms with Gasteiger partial charge in [0.1, 0.15) is 0 Å². The number of nitrogens with one attached hydrogen (secondary N) is 1. The van der Waals surface area contributed by atoms with Gasteiger partial charge in [0.2, 0.25) is 0 Å². The summed E-state index contributed by atoms with van der Waals surface area (Å²) < 4.78 is 0. The minimum atomic E-state index is 0.475. The molecule has 1 aromatic rings. The molecular formula is C15H23NS. The molecule has 17 heavy (non-hydrogen) atoms. The minimum Gasteiger partial charge on any atom is -0.307 e. The molecule has 1 nitrogen and oxygen atoms in total. The number of hydrogen-bond acceptors (Lipinski definition) is 2. The second kappa shape index (κ2) is 5.92. The van der Waals surface area contributed by atoms with Crippen molar-refractivity contribution in [2.75, 3.05) is 11.5 Å². The fraction of sp³-hybridized carbons (Fsp3) is 0.600. The standard InChI is InChI=1S/C15H23NS/c1-11-4-5-12(2)15(10-11)13(3)16-14-6-8-17-9-7-14/h4-5,10,13-14,16H,6-9H2,1-3H3. The first kappa shape index (κ1) is 13.0. The largest absolute Gasteiger partial charge is 0.307 e. The number of hydrogen-bond donors (Lipinski definition) is 1. The molecule has 1 N–H and O–H groups in total. The van der Waals surface area contributed by atoms with Crippen molar-refractivity contribution in [2.24, 2.45) is 0 Å². The van der Waals surface area contributed by atoms with Crippen molar-refractivity contribution >= 4 is 11.8 Å². The average molecular weight is 249 g/mol. The van der Waals surface area contributed by atoms with Crippen molar-refractivity contribution < 1.29 is 0 Å². The summed E-state index contributed by atoms with van der Waals surface area (Å²) in [6.07, 6.45) is 2.64. The van der Waals surface area contributed by atoms with E-state index in [2.05, 4.69) is 56.0 Å². The third kappa shape index (κ3) is 3.49. The molecule has 1 heterocycles. The first-order chi connectivity index (χ1) is 8.16. The zero-order valence-corrected chi connectivity index (χ0v) is 11.9. The highest BCUT2D eigenvalue weighted by molar-refractivity contribution is 7.99. The smallest absolute Gasteiger partial charge is 0.0297 e. The normalized spacial score (nSPS) is 19.2. The summed E-state index contributed by atoms with van der Waals surface area (Å²) in [7, 11) is 0. The van der Waals surface area contributed by atoms with Gasteiger partial charge in [0.15, 0.2) is 0 Å². The highest BCUT2D eigenvalue weighted by atomic mass is 32.2. The molecule has 1 unspecified atom stereocenters. The first-order valence-corrected chi connectivity index (χ1v) is 7.73. The zero-order valence-electron chi connectivity index (χ0n) is 11.1. The van der Waals surface area contributed by atoms with Gasteiger partial charge in [-0.15, -0.1) is 0 Å². The Bertz CT molecular complexity index is 369. The van der Waals surface area contributed by atoms with Crippen LogP contribution in [0.2, 0.25) is 0 Å². The van der Waals surface area contributed by atoms with E-state index in [1.165, 1.54) is 41.0 Å². The van der Waals surface area contributed by atoms with Gasteiger partial charge >= 0.3 is 0 Å². The topological polar surface area (TPSA) is 12.0 Å². The van der Waals surface area contributed by atoms with Crippen LogP contribution in [0.4, 0.5) is 0 Å². The van der Waals surface area contributed by atoms with E-state index in [1.807, 2.05) is 0 Å². The Hall–Kier alpha value is -0.470. The molecule has 1 aliphatic rings. The van der Waals surface area contributed by atoms with Gasteiger partial charge in [0.05, 0.1) is 0 Å². The predicted molar refractivity (Wildman–Crippen MR) is 77.8 cm³/mol. The summed E-state index contributed by atoms with van der Waals surface area (Å²) in [5, 5.41) is 3.79. The lowest BCUT2D eigenvalue weighted by Crippen LogP contribution is -2.34. The van der Waals surface area contributed by atoms with Crippen LogP contribution in [-0.2, 0) is 0 Å². The van der Waals surface area contributed by atoms with E-state index in [0.29, 0.717) is 12.1 Å². The summed E-state index contributed by atoms with van der Waals surface area (Å²) >= 11 is 2.09. The maximum atomic E-state index is 3.79. The first-order valence-electron chi connectivity index (χ1n) is 6.58. The van der Waals surface area contributed by atoms with Gasteiger partial charge in [-0.25, -0.2) is 0 Å². The van der Waals surface area contributed by atoms with E-state index in [1.54, 1.807) is 0 Å². The molecule has 1 saturated heterocycles. The van der Waals surface area contributed by atoms with Gasteiger partial charge in [-0.1, -0.05) is 23.8 Å². The lowest BCUT2D eigenvalue weighted by molar-refractivity contribution is 0.430. The van der Waals surface area contributed by atoms with Crippen molar-refractivity contribution in [3.05, 3.63) is 34.9 Å². The molecule has 94 valence electrons. The van der Waals surface area contributed by atoms with Crippen molar-refractivity contribution in [1.82, 2.24) is 5.32 Å². The van der Waals surface area contributed by atoms with Crippen molar-refractivity contribution in [3.8, 4) is 0 Å². The molecule has 1 atom stereocenters. The fourth-order valence-electron chi connectivity index (χ4n) is 2.53. The van der Waals surface area contributed by atoms with E-state index in [9.17, 15) is 0 Å². The molecule has 0 aliphatic carbocycles. The molecule has 0 radical (unpaired) electrons. The van der Waals surface area contributed by atoms with E-state index in [4.69, 9.17) is 0 Å². The third-order valence-electron chi connectivity index (χ3n) is 3.61. The maximum absolute atomic E-state index is 3.79. The van der Waals surface area contributed by atoms with Crippen LogP contribution in [0, 0.1) is 13.8 Å². The summed E-state index contributed by atoms with van der Waals surface area (Å²) in [5.74, 6) is 2.63. The molecule has 1 aliphatic heterocycles. The zero-order chi connectivity index (χ0) is 12.3. The van der Waals surface area contributed by atoms with Crippen molar-refractivity contribution in [1.29, 1.82) is 0 Å². The Labute approximate surface area is 109 Å². The quantitative estimate of drug-likeness (QED) is 0.873. The van der Waals surface area contributed by atoms with Crippen LogP contribution in [0.5, 0.6) is 0 Å². The van der Waals surface area contributed by atoms with Crippen LogP contribution in [0.15, 0.2) is 18.2 Å². The van der Waals surface area contributed by atoms with Gasteiger partial charge < -0.3 is 5.32 Å². The van der Waals surface area contributed by atoms with Gasteiger partial charge in [-0.2, -0.15) is 11.8 Å². The summed E-state index contributed by atoms with van der Waals surface area (Å²) in [6.45, 7) is 6.68. The Morgan fingerprint density at radius 1 is 1.24 bits per heavy atom. The van der Waals surface area contributed by atoms with Gasteiger partial charge in [0, 0.05) is 12.1 Å². The molecule has 0 spiro atoms. The number of thioether (sulfide) groups is 1. The minimum absolute atomic E-state index is 0.475. The molecule has 0 bridgehead atoms. The monoisotopic (exact) mass is 249 g/mol. The second-order valence-electron chi connectivity index (χ2n) is 5.14. The Morgan fingerprint density at radius 2 is 1.94 bits per heavy atom. The molecule has 2 heteroatoms. The van der Waals surface area contributed by atoms with Crippen LogP contribution in [0.1, 0.15) is 42.5 Å². The fourth-order valence-corrected chi connectivity index (χ4v) is 3.64. The number of aryl methyl sites for hydroxylation is 2. The molecule has 0 aromatic heterocycles. The predicted octanol–water partition coefficient (Wildman–Crippen LogP) is 3.85. The Morgan fingerprint density at radius 3 is 2.65 bits per heavy atom. The molecule has 1 aromatic carbocycles. The van der Waals surface area contributed by atoms with E-state index in [0.717, 1.165) is 0 Å². The highest BCUT2D eigenvalue weighted by Crippen LogP contribution is 2.23. The Balaban J connectivity index is 2.02. The number of benzene rings is 1. The summed E-state index contributed by atoms with van der Waals surface area (Å²) in [5.41, 5.74) is 4.22. The van der Waals surface area contributed by atoms with Crippen LogP contribution >= 0.6 is 11.8 Å². The summed E-state index contributed by atoms with van der Waals surface area (Å²) in [4.78, 5) is 0. The highest BCUT2D eigenvalue weighted by Gasteiger charge is 2.17. The Kier molecular flexibility index (Phi) is 4.52.